The number of benzene rings is 1. The Hall–Kier alpha value is -1.50. The molecule has 1 aromatic rings. The summed E-state index contributed by atoms with van der Waals surface area (Å²) in [6.45, 7) is 11.2. The molecule has 2 amide bonds. The van der Waals surface area contributed by atoms with Gasteiger partial charge in [-0.2, -0.15) is 0 Å². The zero-order valence-electron chi connectivity index (χ0n) is 18.9. The summed E-state index contributed by atoms with van der Waals surface area (Å²) < 4.78 is 5.59. The van der Waals surface area contributed by atoms with Gasteiger partial charge >= 0.3 is 6.09 Å². The summed E-state index contributed by atoms with van der Waals surface area (Å²) in [4.78, 5) is 32.1. The van der Waals surface area contributed by atoms with E-state index >= 15 is 0 Å². The quantitative estimate of drug-likeness (QED) is 0.652. The number of ether oxygens (including phenoxy) is 1. The fraction of sp³-hybridized carbons (Fsp3) is 0.652. The van der Waals surface area contributed by atoms with E-state index in [9.17, 15) is 9.59 Å². The van der Waals surface area contributed by atoms with Crippen molar-refractivity contribution in [2.75, 3.05) is 32.7 Å². The minimum atomic E-state index is -0.548. The highest BCUT2D eigenvalue weighted by Crippen LogP contribution is 2.25. The van der Waals surface area contributed by atoms with Gasteiger partial charge in [-0.05, 0) is 71.3 Å². The van der Waals surface area contributed by atoms with Crippen LogP contribution >= 0.6 is 23.2 Å². The molecule has 0 spiro atoms. The lowest BCUT2D eigenvalue weighted by atomic mass is 10.0. The van der Waals surface area contributed by atoms with Crippen LogP contribution in [0.15, 0.2) is 18.2 Å². The van der Waals surface area contributed by atoms with Gasteiger partial charge in [-0.3, -0.25) is 9.69 Å². The third kappa shape index (κ3) is 6.27. The van der Waals surface area contributed by atoms with E-state index in [4.69, 9.17) is 27.9 Å². The molecule has 1 aromatic carbocycles. The molecule has 2 fully saturated rings. The second kappa shape index (κ2) is 9.97. The Balaban J connectivity index is 1.76. The van der Waals surface area contributed by atoms with Gasteiger partial charge in [0.05, 0.1) is 22.5 Å². The van der Waals surface area contributed by atoms with E-state index in [1.165, 1.54) is 12.8 Å². The molecule has 2 saturated heterocycles. The van der Waals surface area contributed by atoms with Gasteiger partial charge in [0.25, 0.3) is 0 Å². The average molecular weight is 470 g/mol. The van der Waals surface area contributed by atoms with Gasteiger partial charge in [0.2, 0.25) is 5.91 Å². The number of likely N-dealkylation sites (tertiary alicyclic amines) is 1. The lowest BCUT2D eigenvalue weighted by molar-refractivity contribution is -0.137. The third-order valence-corrected chi connectivity index (χ3v) is 6.74. The molecule has 31 heavy (non-hydrogen) atoms. The van der Waals surface area contributed by atoms with E-state index in [2.05, 4.69) is 11.8 Å². The van der Waals surface area contributed by atoms with Crippen LogP contribution in [0, 0.1) is 0 Å². The number of carbonyl (C=O) groups excluding carboxylic acids is 2. The normalized spacial score (nSPS) is 21.3. The smallest absolute Gasteiger partial charge is 0.410 e. The zero-order valence-corrected chi connectivity index (χ0v) is 20.4. The summed E-state index contributed by atoms with van der Waals surface area (Å²) in [5, 5.41) is 0.924. The maximum Gasteiger partial charge on any atom is 0.410 e. The lowest BCUT2D eigenvalue weighted by Gasteiger charge is -2.46. The summed E-state index contributed by atoms with van der Waals surface area (Å²) in [7, 11) is 0. The summed E-state index contributed by atoms with van der Waals surface area (Å²) in [6, 6.07) is 5.37. The van der Waals surface area contributed by atoms with E-state index in [-0.39, 0.29) is 30.5 Å². The van der Waals surface area contributed by atoms with Gasteiger partial charge in [-0.15, -0.1) is 0 Å². The molecule has 2 aliphatic heterocycles. The van der Waals surface area contributed by atoms with Crippen molar-refractivity contribution in [3.8, 4) is 0 Å². The van der Waals surface area contributed by atoms with Gasteiger partial charge in [0.15, 0.2) is 0 Å². The molecule has 0 aliphatic carbocycles. The number of hydrogen-bond acceptors (Lipinski definition) is 4. The number of amides is 2. The minimum Gasteiger partial charge on any atom is -0.444 e. The minimum absolute atomic E-state index is 0.0401. The zero-order chi connectivity index (χ0) is 22.8. The summed E-state index contributed by atoms with van der Waals surface area (Å²) in [6.07, 6.45) is 2.28. The summed E-state index contributed by atoms with van der Waals surface area (Å²) in [5.41, 5.74) is 0.287. The Bertz CT molecular complexity index is 806. The van der Waals surface area contributed by atoms with Crippen molar-refractivity contribution < 1.29 is 14.3 Å². The van der Waals surface area contributed by atoms with E-state index in [1.807, 2.05) is 31.7 Å². The van der Waals surface area contributed by atoms with Crippen molar-refractivity contribution >= 4 is 35.2 Å². The molecule has 0 N–H and O–H groups in total. The van der Waals surface area contributed by atoms with Crippen molar-refractivity contribution in [3.63, 3.8) is 0 Å². The Morgan fingerprint density at radius 1 is 1.10 bits per heavy atom. The van der Waals surface area contributed by atoms with Crippen molar-refractivity contribution in [1.29, 1.82) is 0 Å². The molecule has 2 aliphatic rings. The molecule has 2 atom stereocenters. The lowest BCUT2D eigenvalue weighted by Crippen LogP contribution is -2.63. The molecular formula is C23H33Cl2N3O3. The molecule has 0 unspecified atom stereocenters. The summed E-state index contributed by atoms with van der Waals surface area (Å²) in [5.74, 6) is 0.0401. The first-order valence-corrected chi connectivity index (χ1v) is 11.8. The number of hydrogen-bond donors (Lipinski definition) is 0. The Labute approximate surface area is 195 Å². The largest absolute Gasteiger partial charge is 0.444 e. The van der Waals surface area contributed by atoms with Crippen molar-refractivity contribution in [2.24, 2.45) is 0 Å². The second-order valence-electron chi connectivity index (χ2n) is 9.49. The Morgan fingerprint density at radius 2 is 1.77 bits per heavy atom. The van der Waals surface area contributed by atoms with Crippen LogP contribution in [0.25, 0.3) is 0 Å². The van der Waals surface area contributed by atoms with E-state index in [0.717, 1.165) is 18.7 Å². The highest BCUT2D eigenvalue weighted by atomic mass is 35.5. The third-order valence-electron chi connectivity index (χ3n) is 6.00. The fourth-order valence-corrected chi connectivity index (χ4v) is 4.66. The first-order valence-electron chi connectivity index (χ1n) is 11.0. The molecule has 3 rings (SSSR count). The van der Waals surface area contributed by atoms with Crippen molar-refractivity contribution in [2.45, 2.75) is 64.6 Å². The first kappa shape index (κ1) is 24.1. The number of piperazine rings is 1. The van der Waals surface area contributed by atoms with Gasteiger partial charge < -0.3 is 14.5 Å². The number of halogens is 2. The number of carbonyl (C=O) groups is 2. The van der Waals surface area contributed by atoms with Crippen molar-refractivity contribution in [3.05, 3.63) is 33.8 Å². The predicted octanol–water partition coefficient (Wildman–Crippen LogP) is 4.47. The predicted molar refractivity (Wildman–Crippen MR) is 124 cm³/mol. The fourth-order valence-electron chi connectivity index (χ4n) is 4.34. The second-order valence-corrected chi connectivity index (χ2v) is 10.3. The van der Waals surface area contributed by atoms with E-state index in [1.54, 1.807) is 17.0 Å². The molecular weight excluding hydrogens is 437 g/mol. The highest BCUT2D eigenvalue weighted by molar-refractivity contribution is 6.42. The Kier molecular flexibility index (Phi) is 7.76. The van der Waals surface area contributed by atoms with Gasteiger partial charge in [0.1, 0.15) is 5.60 Å². The average Bonchev–Trinajstić information content (AvgIpc) is 3.23. The van der Waals surface area contributed by atoms with Crippen LogP contribution in [0.1, 0.15) is 46.1 Å². The SMILES string of the molecule is C[C@@H]([C@@H]1CN(C(=O)OC(C)(C)C)CCN1C(=O)Cc1ccc(Cl)c(Cl)c1)N1CCCC1. The maximum absolute atomic E-state index is 13.3. The van der Waals surface area contributed by atoms with Crippen LogP contribution in [0.3, 0.4) is 0 Å². The van der Waals surface area contributed by atoms with Crippen LogP contribution in [0.5, 0.6) is 0 Å². The Morgan fingerprint density at radius 3 is 2.39 bits per heavy atom. The molecule has 0 aromatic heterocycles. The summed E-state index contributed by atoms with van der Waals surface area (Å²) >= 11 is 12.1. The van der Waals surface area contributed by atoms with Gasteiger partial charge in [-0.1, -0.05) is 29.3 Å². The van der Waals surface area contributed by atoms with Gasteiger partial charge in [-0.25, -0.2) is 4.79 Å². The van der Waals surface area contributed by atoms with Gasteiger partial charge in [0, 0.05) is 25.7 Å². The molecule has 0 saturated carbocycles. The number of rotatable bonds is 4. The standard InChI is InChI=1S/C23H33Cl2N3O3/c1-16(26-9-5-6-10-26)20-15-27(22(30)31-23(2,3)4)11-12-28(20)21(29)14-17-7-8-18(24)19(25)13-17/h7-8,13,16,20H,5-6,9-12,14-15H2,1-4H3/t16-,20-/m0/s1. The van der Waals surface area contributed by atoms with Crippen molar-refractivity contribution in [1.82, 2.24) is 14.7 Å². The molecule has 2 heterocycles. The first-order chi connectivity index (χ1) is 14.5. The molecule has 0 bridgehead atoms. The molecule has 8 heteroatoms. The molecule has 6 nitrogen and oxygen atoms in total. The van der Waals surface area contributed by atoms with Crippen LogP contribution in [-0.2, 0) is 16.0 Å². The number of nitrogens with zero attached hydrogens (tertiary/aromatic N) is 3. The maximum atomic E-state index is 13.3. The van der Waals surface area contributed by atoms with E-state index in [0.29, 0.717) is 29.7 Å². The van der Waals surface area contributed by atoms with Crippen LogP contribution in [-0.4, -0.2) is 77.1 Å². The molecule has 0 radical (unpaired) electrons. The molecule has 172 valence electrons. The topological polar surface area (TPSA) is 53.1 Å². The van der Waals surface area contributed by atoms with Crippen LogP contribution < -0.4 is 0 Å². The van der Waals surface area contributed by atoms with Crippen LogP contribution in [0.4, 0.5) is 4.79 Å². The monoisotopic (exact) mass is 469 g/mol. The van der Waals surface area contributed by atoms with Crippen LogP contribution in [0.2, 0.25) is 10.0 Å². The highest BCUT2D eigenvalue weighted by Gasteiger charge is 2.39. The van der Waals surface area contributed by atoms with E-state index < -0.39 is 5.60 Å².